The molecule has 4 nitrogen and oxygen atoms in total. The number of carbonyl (C=O) groups is 2. The van der Waals surface area contributed by atoms with Crippen LogP contribution in [0.4, 0.5) is 4.39 Å². The van der Waals surface area contributed by atoms with Gasteiger partial charge in [-0.25, -0.2) is 4.39 Å². The molecule has 2 aromatic rings. The number of hydrogen-bond acceptors (Lipinski definition) is 2. The molecule has 0 bridgehead atoms. The molecular weight excluding hydrogens is 355 g/mol. The fraction of sp³-hybridized carbons (Fsp3) is 0.300. The zero-order chi connectivity index (χ0) is 18.5. The Bertz CT molecular complexity index is 804. The molecule has 1 saturated heterocycles. The van der Waals surface area contributed by atoms with Crippen LogP contribution in [0.1, 0.15) is 28.8 Å². The molecule has 0 saturated carbocycles. The van der Waals surface area contributed by atoms with Crippen molar-refractivity contribution < 1.29 is 14.0 Å². The molecule has 2 aromatic carbocycles. The highest BCUT2D eigenvalue weighted by molar-refractivity contribution is 6.33. The fourth-order valence-corrected chi connectivity index (χ4v) is 3.33. The van der Waals surface area contributed by atoms with Crippen LogP contribution < -0.4 is 5.32 Å². The summed E-state index contributed by atoms with van der Waals surface area (Å²) in [6.45, 7) is 1.17. The highest BCUT2D eigenvalue weighted by atomic mass is 35.5. The third kappa shape index (κ3) is 4.22. The molecule has 2 amide bonds. The summed E-state index contributed by atoms with van der Waals surface area (Å²) in [4.78, 5) is 26.6. The lowest BCUT2D eigenvalue weighted by atomic mass is 9.95. The van der Waals surface area contributed by atoms with Crippen LogP contribution in [0.5, 0.6) is 0 Å². The molecular formula is C20H20ClFN2O2. The van der Waals surface area contributed by atoms with Crippen molar-refractivity contribution in [2.45, 2.75) is 19.4 Å². The first-order valence-corrected chi connectivity index (χ1v) is 8.99. The van der Waals surface area contributed by atoms with Crippen LogP contribution in [-0.4, -0.2) is 29.8 Å². The van der Waals surface area contributed by atoms with Crippen LogP contribution in [0.25, 0.3) is 0 Å². The summed E-state index contributed by atoms with van der Waals surface area (Å²) in [6, 6.07) is 13.3. The third-order valence-corrected chi connectivity index (χ3v) is 5.00. The maximum atomic E-state index is 13.6. The van der Waals surface area contributed by atoms with Gasteiger partial charge in [0.05, 0.1) is 10.6 Å². The van der Waals surface area contributed by atoms with Crippen molar-refractivity contribution in [1.29, 1.82) is 0 Å². The second-order valence-electron chi connectivity index (χ2n) is 6.36. The average Bonchev–Trinajstić information content (AvgIpc) is 2.67. The lowest BCUT2D eigenvalue weighted by Crippen LogP contribution is -2.43. The first kappa shape index (κ1) is 18.4. The average molecular weight is 375 g/mol. The van der Waals surface area contributed by atoms with E-state index >= 15 is 0 Å². The van der Waals surface area contributed by atoms with E-state index in [1.165, 1.54) is 6.07 Å². The number of carbonyl (C=O) groups excluding carboxylic acids is 2. The lowest BCUT2D eigenvalue weighted by molar-refractivity contribution is -0.126. The molecule has 1 aliphatic rings. The van der Waals surface area contributed by atoms with Gasteiger partial charge in [-0.1, -0.05) is 41.9 Å². The fourth-order valence-electron chi connectivity index (χ4n) is 3.12. The molecule has 0 spiro atoms. The number of hydrogen-bond donors (Lipinski definition) is 1. The van der Waals surface area contributed by atoms with Crippen LogP contribution in [0.2, 0.25) is 5.02 Å². The zero-order valence-electron chi connectivity index (χ0n) is 14.3. The Morgan fingerprint density at radius 1 is 1.08 bits per heavy atom. The summed E-state index contributed by atoms with van der Waals surface area (Å²) >= 11 is 6.09. The standard InChI is InChI=1S/C20H20ClFN2O2/c21-17-7-3-2-6-16(17)20(26)24-11-9-14(10-12-24)19(25)23-13-15-5-1-4-8-18(15)22/h1-8,14H,9-13H2,(H,23,25). The molecule has 0 radical (unpaired) electrons. The van der Waals surface area contributed by atoms with Crippen molar-refractivity contribution in [2.75, 3.05) is 13.1 Å². The van der Waals surface area contributed by atoms with E-state index in [-0.39, 0.29) is 30.1 Å². The number of nitrogens with one attached hydrogen (secondary N) is 1. The van der Waals surface area contributed by atoms with Gasteiger partial charge in [-0.3, -0.25) is 9.59 Å². The quantitative estimate of drug-likeness (QED) is 0.888. The Hall–Kier alpha value is -2.40. The maximum absolute atomic E-state index is 13.6. The summed E-state index contributed by atoms with van der Waals surface area (Å²) in [5, 5.41) is 3.22. The van der Waals surface area contributed by atoms with Gasteiger partial charge < -0.3 is 10.2 Å². The SMILES string of the molecule is O=C(NCc1ccccc1F)C1CCN(C(=O)c2ccccc2Cl)CC1. The van der Waals surface area contributed by atoms with E-state index in [1.54, 1.807) is 47.4 Å². The minimum Gasteiger partial charge on any atom is -0.352 e. The third-order valence-electron chi connectivity index (χ3n) is 4.67. The molecule has 1 N–H and O–H groups in total. The molecule has 0 atom stereocenters. The largest absolute Gasteiger partial charge is 0.352 e. The van der Waals surface area contributed by atoms with E-state index in [0.29, 0.717) is 42.1 Å². The van der Waals surface area contributed by atoms with Crippen LogP contribution in [0.15, 0.2) is 48.5 Å². The van der Waals surface area contributed by atoms with E-state index < -0.39 is 0 Å². The predicted octanol–water partition coefficient (Wildman–Crippen LogP) is 3.65. The number of benzene rings is 2. The second kappa shape index (κ2) is 8.32. The minimum atomic E-state index is -0.326. The van der Waals surface area contributed by atoms with E-state index in [0.717, 1.165) is 0 Å². The van der Waals surface area contributed by atoms with Crippen molar-refractivity contribution in [1.82, 2.24) is 10.2 Å². The van der Waals surface area contributed by atoms with E-state index in [1.807, 2.05) is 0 Å². The molecule has 3 rings (SSSR count). The van der Waals surface area contributed by atoms with Gasteiger partial charge >= 0.3 is 0 Å². The van der Waals surface area contributed by atoms with Gasteiger partial charge in [0.1, 0.15) is 5.82 Å². The van der Waals surface area contributed by atoms with Gasteiger partial charge in [0.2, 0.25) is 5.91 Å². The second-order valence-corrected chi connectivity index (χ2v) is 6.76. The van der Waals surface area contributed by atoms with Crippen LogP contribution in [0.3, 0.4) is 0 Å². The Morgan fingerprint density at radius 3 is 2.42 bits per heavy atom. The first-order chi connectivity index (χ1) is 12.6. The topological polar surface area (TPSA) is 49.4 Å². The number of rotatable bonds is 4. The lowest BCUT2D eigenvalue weighted by Gasteiger charge is -2.31. The molecule has 26 heavy (non-hydrogen) atoms. The van der Waals surface area contributed by atoms with Crippen molar-refractivity contribution in [3.63, 3.8) is 0 Å². The Kier molecular flexibility index (Phi) is 5.89. The zero-order valence-corrected chi connectivity index (χ0v) is 15.0. The Morgan fingerprint density at radius 2 is 1.73 bits per heavy atom. The smallest absolute Gasteiger partial charge is 0.255 e. The molecule has 0 unspecified atom stereocenters. The number of piperidine rings is 1. The normalized spacial score (nSPS) is 14.9. The summed E-state index contributed by atoms with van der Waals surface area (Å²) in [5.41, 5.74) is 0.948. The number of nitrogens with zero attached hydrogens (tertiary/aromatic N) is 1. The van der Waals surface area contributed by atoms with Gasteiger partial charge in [0.15, 0.2) is 0 Å². The highest BCUT2D eigenvalue weighted by Crippen LogP contribution is 2.22. The molecule has 0 aromatic heterocycles. The van der Waals surface area contributed by atoms with E-state index in [2.05, 4.69) is 5.32 Å². The maximum Gasteiger partial charge on any atom is 0.255 e. The highest BCUT2D eigenvalue weighted by Gasteiger charge is 2.28. The van der Waals surface area contributed by atoms with Gasteiger partial charge in [-0.05, 0) is 31.0 Å². The molecule has 1 fully saturated rings. The number of likely N-dealkylation sites (tertiary alicyclic amines) is 1. The summed E-state index contributed by atoms with van der Waals surface area (Å²) in [7, 11) is 0. The Balaban J connectivity index is 1.52. The molecule has 0 aliphatic carbocycles. The van der Waals surface area contributed by atoms with Crippen molar-refractivity contribution in [3.05, 3.63) is 70.5 Å². The van der Waals surface area contributed by atoms with Gasteiger partial charge in [-0.2, -0.15) is 0 Å². The summed E-state index contributed by atoms with van der Waals surface area (Å²) < 4.78 is 13.6. The summed E-state index contributed by atoms with van der Waals surface area (Å²) in [6.07, 6.45) is 1.17. The van der Waals surface area contributed by atoms with E-state index in [4.69, 9.17) is 11.6 Å². The molecule has 136 valence electrons. The van der Waals surface area contributed by atoms with Crippen molar-refractivity contribution in [3.8, 4) is 0 Å². The Labute approximate surface area is 157 Å². The van der Waals surface area contributed by atoms with Crippen LogP contribution in [-0.2, 0) is 11.3 Å². The predicted molar refractivity (Wildman–Crippen MR) is 98.3 cm³/mol. The molecule has 6 heteroatoms. The first-order valence-electron chi connectivity index (χ1n) is 8.61. The van der Waals surface area contributed by atoms with Gasteiger partial charge in [0, 0.05) is 31.1 Å². The molecule has 1 aliphatic heterocycles. The van der Waals surface area contributed by atoms with Crippen LogP contribution >= 0.6 is 11.6 Å². The summed E-state index contributed by atoms with van der Waals surface area (Å²) in [5.74, 6) is -0.705. The van der Waals surface area contributed by atoms with Gasteiger partial charge in [0.25, 0.3) is 5.91 Å². The van der Waals surface area contributed by atoms with Crippen molar-refractivity contribution >= 4 is 23.4 Å². The van der Waals surface area contributed by atoms with Gasteiger partial charge in [-0.15, -0.1) is 0 Å². The van der Waals surface area contributed by atoms with Crippen LogP contribution in [0, 0.1) is 11.7 Å². The molecule has 1 heterocycles. The number of amides is 2. The minimum absolute atomic E-state index is 0.0990. The van der Waals surface area contributed by atoms with Crippen molar-refractivity contribution in [2.24, 2.45) is 5.92 Å². The van der Waals surface area contributed by atoms with E-state index in [9.17, 15) is 14.0 Å². The monoisotopic (exact) mass is 374 g/mol. The number of halogens is 2.